The molecule has 0 radical (unpaired) electrons. The molecule has 1 aromatic carbocycles. The van der Waals surface area contributed by atoms with Crippen LogP contribution in [-0.4, -0.2) is 16.8 Å². The first-order chi connectivity index (χ1) is 6.20. The predicted molar refractivity (Wildman–Crippen MR) is 57.3 cm³/mol. The summed E-state index contributed by atoms with van der Waals surface area (Å²) in [5.74, 6) is -0.965. The Morgan fingerprint density at radius 3 is 2.08 bits per heavy atom. The van der Waals surface area contributed by atoms with E-state index in [1.165, 1.54) is 5.56 Å². The monoisotopic (exact) mass is 198 g/mol. The van der Waals surface area contributed by atoms with Gasteiger partial charge in [-0.05, 0) is 12.0 Å². The van der Waals surface area contributed by atoms with Crippen molar-refractivity contribution in [1.29, 1.82) is 0 Å². The lowest BCUT2D eigenvalue weighted by Gasteiger charge is -1.89. The zero-order valence-electron chi connectivity index (χ0n) is 7.60. The summed E-state index contributed by atoms with van der Waals surface area (Å²) < 4.78 is 0. The smallest absolute Gasteiger partial charge is 0.313 e. The van der Waals surface area contributed by atoms with Crippen LogP contribution < -0.4 is 0 Å². The van der Waals surface area contributed by atoms with Gasteiger partial charge in [-0.15, -0.1) is 0 Å². The van der Waals surface area contributed by atoms with Crippen LogP contribution in [0.1, 0.15) is 12.5 Å². The fourth-order valence-electron chi connectivity index (χ4n) is 0.714. The predicted octanol–water partition coefficient (Wildman–Crippen LogP) is 2.25. The summed E-state index contributed by atoms with van der Waals surface area (Å²) in [6, 6.07) is 10.5. The van der Waals surface area contributed by atoms with Crippen molar-refractivity contribution < 1.29 is 9.90 Å². The van der Waals surface area contributed by atoms with Gasteiger partial charge in [-0.3, -0.25) is 4.79 Å². The van der Waals surface area contributed by atoms with Crippen LogP contribution in [0, 0.1) is 0 Å². The number of hydrogen-bond acceptors (Lipinski definition) is 2. The summed E-state index contributed by atoms with van der Waals surface area (Å²) >= 11 is 3.42. The van der Waals surface area contributed by atoms with Crippen molar-refractivity contribution in [2.45, 2.75) is 13.3 Å². The molecule has 0 heterocycles. The number of benzene rings is 1. The molecule has 0 spiro atoms. The van der Waals surface area contributed by atoms with Gasteiger partial charge in [-0.2, -0.15) is 12.6 Å². The molecule has 0 aliphatic carbocycles. The van der Waals surface area contributed by atoms with Gasteiger partial charge in [0.1, 0.15) is 0 Å². The average molecular weight is 198 g/mol. The zero-order valence-corrected chi connectivity index (χ0v) is 8.50. The number of hydrogen-bond donors (Lipinski definition) is 2. The number of aryl methyl sites for hydroxylation is 1. The number of rotatable bonds is 2. The Hall–Kier alpha value is -0.960. The third-order valence-corrected chi connectivity index (χ3v) is 1.66. The quantitative estimate of drug-likeness (QED) is 0.715. The van der Waals surface area contributed by atoms with E-state index in [9.17, 15) is 4.79 Å². The minimum absolute atomic E-state index is 0.0833. The van der Waals surface area contributed by atoms with E-state index in [1.54, 1.807) is 0 Å². The Labute approximate surface area is 84.0 Å². The molecule has 3 heteroatoms. The molecule has 72 valence electrons. The van der Waals surface area contributed by atoms with Gasteiger partial charge in [0, 0.05) is 0 Å². The van der Waals surface area contributed by atoms with Gasteiger partial charge in [-0.1, -0.05) is 37.3 Å². The summed E-state index contributed by atoms with van der Waals surface area (Å²) in [6.45, 7) is 2.16. The first kappa shape index (κ1) is 12.0. The molecule has 1 aromatic rings. The van der Waals surface area contributed by atoms with E-state index < -0.39 is 5.97 Å². The van der Waals surface area contributed by atoms with E-state index in [2.05, 4.69) is 43.8 Å². The van der Waals surface area contributed by atoms with Crippen LogP contribution in [0.2, 0.25) is 0 Å². The Balaban J connectivity index is 0.000000252. The lowest BCUT2D eigenvalue weighted by molar-refractivity contribution is -0.133. The van der Waals surface area contributed by atoms with Crippen molar-refractivity contribution in [2.24, 2.45) is 0 Å². The van der Waals surface area contributed by atoms with Gasteiger partial charge in [0.15, 0.2) is 0 Å². The van der Waals surface area contributed by atoms with Crippen molar-refractivity contribution in [3.05, 3.63) is 35.9 Å². The van der Waals surface area contributed by atoms with Gasteiger partial charge >= 0.3 is 5.97 Å². The first-order valence-electron chi connectivity index (χ1n) is 4.07. The van der Waals surface area contributed by atoms with Gasteiger partial charge in [-0.25, -0.2) is 0 Å². The largest absolute Gasteiger partial charge is 0.481 e. The van der Waals surface area contributed by atoms with Crippen LogP contribution >= 0.6 is 12.6 Å². The highest BCUT2D eigenvalue weighted by atomic mass is 32.1. The molecule has 0 amide bonds. The summed E-state index contributed by atoms with van der Waals surface area (Å²) in [5.41, 5.74) is 1.41. The average Bonchev–Trinajstić information content (AvgIpc) is 2.20. The molecule has 0 aromatic heterocycles. The number of thiol groups is 1. The normalized spacial score (nSPS) is 8.46. The van der Waals surface area contributed by atoms with Crippen LogP contribution in [0.4, 0.5) is 0 Å². The molecule has 0 saturated carbocycles. The van der Waals surface area contributed by atoms with Crippen molar-refractivity contribution in [3.8, 4) is 0 Å². The minimum atomic E-state index is -0.881. The Morgan fingerprint density at radius 2 is 1.85 bits per heavy atom. The van der Waals surface area contributed by atoms with Crippen LogP contribution in [0.3, 0.4) is 0 Å². The van der Waals surface area contributed by atoms with Crippen molar-refractivity contribution in [1.82, 2.24) is 0 Å². The molecule has 0 bridgehead atoms. The number of carboxylic acids is 1. The number of carboxylic acid groups (broad SMARTS) is 1. The molecular formula is C10H14O2S. The highest BCUT2D eigenvalue weighted by Crippen LogP contribution is 1.96. The van der Waals surface area contributed by atoms with Gasteiger partial charge < -0.3 is 5.11 Å². The standard InChI is InChI=1S/C8H10.C2H4O2S/c1-2-8-6-4-3-5-7-8;3-2(4)1-5/h3-7H,2H2,1H3;5H,1H2,(H,3,4). The molecule has 0 aliphatic heterocycles. The molecule has 0 fully saturated rings. The maximum absolute atomic E-state index is 9.29. The summed E-state index contributed by atoms with van der Waals surface area (Å²) in [7, 11) is 0. The van der Waals surface area contributed by atoms with E-state index in [0.717, 1.165) is 6.42 Å². The summed E-state index contributed by atoms with van der Waals surface area (Å²) in [4.78, 5) is 9.29. The second kappa shape index (κ2) is 7.68. The van der Waals surface area contributed by atoms with Crippen LogP contribution in [0.5, 0.6) is 0 Å². The Bertz CT molecular complexity index is 234. The van der Waals surface area contributed by atoms with Crippen LogP contribution in [0.25, 0.3) is 0 Å². The molecule has 0 atom stereocenters. The maximum Gasteiger partial charge on any atom is 0.313 e. The lowest BCUT2D eigenvalue weighted by atomic mass is 10.2. The first-order valence-corrected chi connectivity index (χ1v) is 4.70. The molecule has 0 saturated heterocycles. The maximum atomic E-state index is 9.29. The van der Waals surface area contributed by atoms with Crippen molar-refractivity contribution >= 4 is 18.6 Å². The van der Waals surface area contributed by atoms with Crippen molar-refractivity contribution in [3.63, 3.8) is 0 Å². The van der Waals surface area contributed by atoms with Gasteiger partial charge in [0.25, 0.3) is 0 Å². The molecule has 2 nitrogen and oxygen atoms in total. The van der Waals surface area contributed by atoms with E-state index in [-0.39, 0.29) is 5.75 Å². The topological polar surface area (TPSA) is 37.3 Å². The number of carbonyl (C=O) groups is 1. The van der Waals surface area contributed by atoms with Gasteiger partial charge in [0.2, 0.25) is 0 Å². The molecule has 13 heavy (non-hydrogen) atoms. The molecule has 0 unspecified atom stereocenters. The summed E-state index contributed by atoms with van der Waals surface area (Å²) in [5, 5.41) is 7.65. The van der Waals surface area contributed by atoms with E-state index in [4.69, 9.17) is 5.11 Å². The Kier molecular flexibility index (Phi) is 7.11. The van der Waals surface area contributed by atoms with Crippen LogP contribution in [-0.2, 0) is 11.2 Å². The van der Waals surface area contributed by atoms with Crippen LogP contribution in [0.15, 0.2) is 30.3 Å². The molecule has 1 N–H and O–H groups in total. The molecular weight excluding hydrogens is 184 g/mol. The third-order valence-electron chi connectivity index (χ3n) is 1.39. The van der Waals surface area contributed by atoms with Gasteiger partial charge in [0.05, 0.1) is 5.75 Å². The minimum Gasteiger partial charge on any atom is -0.481 e. The molecule has 0 aliphatic rings. The fraction of sp³-hybridized carbons (Fsp3) is 0.300. The molecule has 1 rings (SSSR count). The SMILES string of the molecule is CCc1ccccc1.O=C(O)CS. The van der Waals surface area contributed by atoms with E-state index in [1.807, 2.05) is 6.07 Å². The zero-order chi connectivity index (χ0) is 10.1. The Morgan fingerprint density at radius 1 is 1.38 bits per heavy atom. The van der Waals surface area contributed by atoms with E-state index >= 15 is 0 Å². The second-order valence-corrected chi connectivity index (χ2v) is 2.71. The third kappa shape index (κ3) is 7.40. The highest BCUT2D eigenvalue weighted by molar-refractivity contribution is 7.81. The lowest BCUT2D eigenvalue weighted by Crippen LogP contribution is -1.92. The van der Waals surface area contributed by atoms with E-state index in [0.29, 0.717) is 0 Å². The fourth-order valence-corrected chi connectivity index (χ4v) is 0.714. The number of aliphatic carboxylic acids is 1. The highest BCUT2D eigenvalue weighted by Gasteiger charge is 1.81. The summed E-state index contributed by atoms with van der Waals surface area (Å²) in [6.07, 6.45) is 1.14. The van der Waals surface area contributed by atoms with Crippen molar-refractivity contribution in [2.75, 3.05) is 5.75 Å². The second-order valence-electron chi connectivity index (χ2n) is 2.39.